The predicted octanol–water partition coefficient (Wildman–Crippen LogP) is 2.26. The molecule has 2 fully saturated rings. The number of amides is 3. The molecule has 0 atom stereocenters. The second-order valence-electron chi connectivity index (χ2n) is 8.71. The first-order valence-electron chi connectivity index (χ1n) is 11.1. The summed E-state index contributed by atoms with van der Waals surface area (Å²) in [5, 5.41) is 2.95. The van der Waals surface area contributed by atoms with E-state index < -0.39 is 10.0 Å². The van der Waals surface area contributed by atoms with Crippen molar-refractivity contribution in [2.45, 2.75) is 57.0 Å². The first kappa shape index (κ1) is 23.5. The third-order valence-corrected chi connectivity index (χ3v) is 8.35. The van der Waals surface area contributed by atoms with E-state index in [-0.39, 0.29) is 28.8 Å². The average molecular weight is 451 g/mol. The van der Waals surface area contributed by atoms with E-state index in [1.807, 2.05) is 23.6 Å². The predicted molar refractivity (Wildman–Crippen MR) is 119 cm³/mol. The molecule has 0 unspecified atom stereocenters. The van der Waals surface area contributed by atoms with Crippen LogP contribution >= 0.6 is 0 Å². The Morgan fingerprint density at radius 2 is 1.58 bits per heavy atom. The van der Waals surface area contributed by atoms with Crippen LogP contribution in [0.1, 0.15) is 45.1 Å². The third kappa shape index (κ3) is 5.57. The van der Waals surface area contributed by atoms with Crippen LogP contribution in [0.5, 0.6) is 0 Å². The summed E-state index contributed by atoms with van der Waals surface area (Å²) in [5.74, 6) is -0.105. The van der Waals surface area contributed by atoms with Crippen molar-refractivity contribution in [2.75, 3.05) is 33.2 Å². The van der Waals surface area contributed by atoms with Crippen molar-refractivity contribution >= 4 is 22.0 Å². The van der Waals surface area contributed by atoms with Gasteiger partial charge in [-0.05, 0) is 57.2 Å². The van der Waals surface area contributed by atoms with Gasteiger partial charge in [0.25, 0.3) is 0 Å². The lowest BCUT2D eigenvalue weighted by Crippen LogP contribution is -2.47. The van der Waals surface area contributed by atoms with Gasteiger partial charge in [0.1, 0.15) is 0 Å². The minimum atomic E-state index is -3.51. The lowest BCUT2D eigenvalue weighted by molar-refractivity contribution is -0.126. The zero-order valence-electron chi connectivity index (χ0n) is 18.7. The summed E-state index contributed by atoms with van der Waals surface area (Å²) in [7, 11) is -1.94. The number of urea groups is 1. The van der Waals surface area contributed by atoms with Crippen LogP contribution in [0.2, 0.25) is 0 Å². The average Bonchev–Trinajstić information content (AvgIpc) is 3.31. The Hall–Kier alpha value is -2.13. The highest BCUT2D eigenvalue weighted by Gasteiger charge is 2.30. The van der Waals surface area contributed by atoms with Gasteiger partial charge in [0.2, 0.25) is 15.9 Å². The lowest BCUT2D eigenvalue weighted by Gasteiger charge is -2.34. The Kier molecular flexibility index (Phi) is 7.59. The number of likely N-dealkylation sites (tertiary alicyclic amines) is 2. The number of nitrogens with zero attached hydrogens (tertiary/aromatic N) is 3. The van der Waals surface area contributed by atoms with Crippen molar-refractivity contribution in [1.29, 1.82) is 0 Å². The van der Waals surface area contributed by atoms with Crippen LogP contribution in [0.25, 0.3) is 0 Å². The van der Waals surface area contributed by atoms with E-state index in [4.69, 9.17) is 0 Å². The van der Waals surface area contributed by atoms with Gasteiger partial charge in [0.15, 0.2) is 0 Å². The van der Waals surface area contributed by atoms with Crippen LogP contribution in [0.3, 0.4) is 0 Å². The fraction of sp³-hybridized carbons (Fsp3) is 0.636. The second kappa shape index (κ2) is 9.99. The van der Waals surface area contributed by atoms with Crippen LogP contribution in [-0.4, -0.2) is 73.7 Å². The quantitative estimate of drug-likeness (QED) is 0.720. The van der Waals surface area contributed by atoms with Gasteiger partial charge in [-0.25, -0.2) is 13.2 Å². The van der Waals surface area contributed by atoms with E-state index in [2.05, 4.69) is 5.32 Å². The lowest BCUT2D eigenvalue weighted by atomic mass is 9.96. The minimum Gasteiger partial charge on any atom is -0.352 e. The van der Waals surface area contributed by atoms with Crippen molar-refractivity contribution in [3.63, 3.8) is 0 Å². The Morgan fingerprint density at radius 1 is 1.03 bits per heavy atom. The number of carbonyl (C=O) groups is 2. The summed E-state index contributed by atoms with van der Waals surface area (Å²) in [6.07, 6.45) is 3.49. The number of piperidine rings is 1. The fourth-order valence-electron chi connectivity index (χ4n) is 4.00. The van der Waals surface area contributed by atoms with Crippen molar-refractivity contribution in [2.24, 2.45) is 5.92 Å². The molecule has 0 aromatic heterocycles. The van der Waals surface area contributed by atoms with Gasteiger partial charge in [-0.2, -0.15) is 4.31 Å². The van der Waals surface area contributed by atoms with Gasteiger partial charge in [0, 0.05) is 51.7 Å². The highest BCUT2D eigenvalue weighted by atomic mass is 32.2. The smallest absolute Gasteiger partial charge is 0.319 e. The highest BCUT2D eigenvalue weighted by molar-refractivity contribution is 7.89. The van der Waals surface area contributed by atoms with Crippen molar-refractivity contribution < 1.29 is 18.0 Å². The number of nitrogens with one attached hydrogen (secondary N) is 1. The fourth-order valence-corrected chi connectivity index (χ4v) is 5.37. The Labute approximate surface area is 185 Å². The summed E-state index contributed by atoms with van der Waals surface area (Å²) in [6, 6.07) is 6.61. The maximum absolute atomic E-state index is 12.6. The van der Waals surface area contributed by atoms with Gasteiger partial charge >= 0.3 is 6.03 Å². The number of hydrogen-bond acceptors (Lipinski definition) is 4. The van der Waals surface area contributed by atoms with Crippen molar-refractivity contribution in [3.05, 3.63) is 29.8 Å². The van der Waals surface area contributed by atoms with E-state index in [1.54, 1.807) is 31.3 Å². The molecule has 1 aromatic carbocycles. The molecule has 0 spiro atoms. The van der Waals surface area contributed by atoms with Gasteiger partial charge in [-0.1, -0.05) is 12.1 Å². The summed E-state index contributed by atoms with van der Waals surface area (Å²) in [6.45, 7) is 6.92. The molecule has 2 heterocycles. The van der Waals surface area contributed by atoms with Gasteiger partial charge in [0.05, 0.1) is 4.90 Å². The molecule has 1 aromatic rings. The van der Waals surface area contributed by atoms with E-state index in [0.717, 1.165) is 31.5 Å². The van der Waals surface area contributed by atoms with Gasteiger partial charge in [-0.3, -0.25) is 4.79 Å². The molecular weight excluding hydrogens is 416 g/mol. The van der Waals surface area contributed by atoms with E-state index in [9.17, 15) is 18.0 Å². The first-order chi connectivity index (χ1) is 14.7. The Bertz CT molecular complexity index is 871. The van der Waals surface area contributed by atoms with Crippen LogP contribution in [0, 0.1) is 5.92 Å². The highest BCUT2D eigenvalue weighted by Crippen LogP contribution is 2.21. The minimum absolute atomic E-state index is 0.00971. The zero-order valence-corrected chi connectivity index (χ0v) is 19.5. The monoisotopic (exact) mass is 450 g/mol. The van der Waals surface area contributed by atoms with E-state index in [1.165, 1.54) is 4.31 Å². The molecule has 0 bridgehead atoms. The third-order valence-electron chi connectivity index (χ3n) is 6.31. The molecule has 3 amide bonds. The molecule has 2 saturated heterocycles. The Balaban J connectivity index is 1.47. The molecule has 172 valence electrons. The molecule has 31 heavy (non-hydrogen) atoms. The standard InChI is InChI=1S/C22H34N4O4S/c1-17(2)24(3)31(29,30)20-8-6-18(7-9-20)16-23-21(27)19-10-14-26(15-11-19)22(28)25-12-4-5-13-25/h6-9,17,19H,4-5,10-16H2,1-3H3,(H,23,27). The molecule has 1 N–H and O–H groups in total. The molecule has 2 aliphatic heterocycles. The number of carbonyl (C=O) groups excluding carboxylic acids is 2. The van der Waals surface area contributed by atoms with Crippen LogP contribution < -0.4 is 5.32 Å². The maximum Gasteiger partial charge on any atom is 0.319 e. The van der Waals surface area contributed by atoms with Crippen molar-refractivity contribution in [1.82, 2.24) is 19.4 Å². The molecule has 0 saturated carbocycles. The molecule has 3 rings (SSSR count). The van der Waals surface area contributed by atoms with E-state index in [0.29, 0.717) is 32.5 Å². The first-order valence-corrected chi connectivity index (χ1v) is 12.5. The van der Waals surface area contributed by atoms with Gasteiger partial charge < -0.3 is 15.1 Å². The maximum atomic E-state index is 12.6. The molecule has 0 radical (unpaired) electrons. The SMILES string of the molecule is CC(C)N(C)S(=O)(=O)c1ccc(CNC(=O)C2CCN(C(=O)N3CCCC3)CC2)cc1. The number of rotatable bonds is 6. The molecule has 0 aliphatic carbocycles. The van der Waals surface area contributed by atoms with Crippen LogP contribution in [-0.2, 0) is 21.4 Å². The Morgan fingerprint density at radius 3 is 2.13 bits per heavy atom. The summed E-state index contributed by atoms with van der Waals surface area (Å²) in [5.41, 5.74) is 0.848. The molecule has 9 heteroatoms. The normalized spacial score (nSPS) is 18.1. The van der Waals surface area contributed by atoms with Crippen molar-refractivity contribution in [3.8, 4) is 0 Å². The molecule has 2 aliphatic rings. The van der Waals surface area contributed by atoms with Crippen LogP contribution in [0.4, 0.5) is 4.79 Å². The number of benzene rings is 1. The van der Waals surface area contributed by atoms with Crippen LogP contribution in [0.15, 0.2) is 29.2 Å². The second-order valence-corrected chi connectivity index (χ2v) is 10.7. The zero-order chi connectivity index (χ0) is 22.6. The van der Waals surface area contributed by atoms with E-state index >= 15 is 0 Å². The van der Waals surface area contributed by atoms with Gasteiger partial charge in [-0.15, -0.1) is 0 Å². The summed E-state index contributed by atoms with van der Waals surface area (Å²) < 4.78 is 26.4. The topological polar surface area (TPSA) is 90.0 Å². The number of hydrogen-bond donors (Lipinski definition) is 1. The summed E-state index contributed by atoms with van der Waals surface area (Å²) in [4.78, 5) is 29.1. The molecular formula is C22H34N4O4S. The largest absolute Gasteiger partial charge is 0.352 e. The number of sulfonamides is 1. The molecule has 8 nitrogen and oxygen atoms in total. The summed E-state index contributed by atoms with van der Waals surface area (Å²) >= 11 is 0.